The summed E-state index contributed by atoms with van der Waals surface area (Å²) in [6, 6.07) is 0.324. The molecule has 0 amide bonds. The molecular weight excluding hydrogens is 274 g/mol. The van der Waals surface area contributed by atoms with E-state index < -0.39 is 0 Å². The highest BCUT2D eigenvalue weighted by molar-refractivity contribution is 8.06. The summed E-state index contributed by atoms with van der Waals surface area (Å²) in [6.45, 7) is 9.64. The van der Waals surface area contributed by atoms with Crippen molar-refractivity contribution >= 4 is 23.5 Å². The van der Waals surface area contributed by atoms with E-state index in [0.717, 1.165) is 18.1 Å². The van der Waals surface area contributed by atoms with Gasteiger partial charge >= 0.3 is 0 Å². The molecule has 1 N–H and O–H groups in total. The van der Waals surface area contributed by atoms with Gasteiger partial charge in [0.1, 0.15) is 5.82 Å². The average molecular weight is 297 g/mol. The Morgan fingerprint density at radius 3 is 2.79 bits per heavy atom. The van der Waals surface area contributed by atoms with Crippen LogP contribution in [0.5, 0.6) is 0 Å². The van der Waals surface area contributed by atoms with Crippen LogP contribution in [0.25, 0.3) is 0 Å². The summed E-state index contributed by atoms with van der Waals surface area (Å²) in [7, 11) is 0. The smallest absolute Gasteiger partial charge is 0.142 e. The van der Waals surface area contributed by atoms with E-state index in [1.807, 2.05) is 29.7 Å². The Labute approximate surface area is 124 Å². The Balaban J connectivity index is 2.18. The van der Waals surface area contributed by atoms with Crippen molar-refractivity contribution in [2.24, 2.45) is 0 Å². The number of nitrogens with one attached hydrogen (secondary N) is 1. The summed E-state index contributed by atoms with van der Waals surface area (Å²) < 4.78 is 0. The number of hydrogen-bond acceptors (Lipinski definition) is 5. The molecule has 1 saturated heterocycles. The fraction of sp³-hybridized carbons (Fsp3) is 0.714. The number of thioether (sulfide) groups is 2. The van der Waals surface area contributed by atoms with Gasteiger partial charge in [-0.25, -0.2) is 9.97 Å². The first kappa shape index (κ1) is 15.1. The topological polar surface area (TPSA) is 37.8 Å². The van der Waals surface area contributed by atoms with Crippen LogP contribution in [0.1, 0.15) is 49.1 Å². The standard InChI is InChI=1S/C14H23N3S2/c1-5-15-9(2)12-8-16-14(17-10(12)3)13-11(4)18-6-7-19-13/h8-9,11,13,15H,5-7H2,1-4H3. The molecule has 0 radical (unpaired) electrons. The maximum absolute atomic E-state index is 4.77. The number of nitrogens with zero attached hydrogens (tertiary/aromatic N) is 2. The van der Waals surface area contributed by atoms with Gasteiger partial charge in [0.05, 0.1) is 5.25 Å². The molecule has 106 valence electrons. The fourth-order valence-corrected chi connectivity index (χ4v) is 5.09. The first-order valence-corrected chi connectivity index (χ1v) is 9.03. The third kappa shape index (κ3) is 3.64. The lowest BCUT2D eigenvalue weighted by Crippen LogP contribution is -2.22. The second-order valence-electron chi connectivity index (χ2n) is 4.92. The molecule has 1 aliphatic heterocycles. The van der Waals surface area contributed by atoms with E-state index in [0.29, 0.717) is 16.5 Å². The summed E-state index contributed by atoms with van der Waals surface area (Å²) in [5.74, 6) is 3.46. The lowest BCUT2D eigenvalue weighted by atomic mass is 10.1. The average Bonchev–Trinajstić information content (AvgIpc) is 2.39. The molecule has 0 aliphatic carbocycles. The summed E-state index contributed by atoms with van der Waals surface area (Å²) in [6.07, 6.45) is 2.01. The zero-order chi connectivity index (χ0) is 13.8. The van der Waals surface area contributed by atoms with Gasteiger partial charge in [0, 0.05) is 40.3 Å². The molecule has 0 bridgehead atoms. The molecule has 0 saturated carbocycles. The maximum atomic E-state index is 4.77. The van der Waals surface area contributed by atoms with Crippen molar-refractivity contribution < 1.29 is 0 Å². The SMILES string of the molecule is CCNC(C)c1cnc(C2SCCSC2C)nc1C. The zero-order valence-corrected chi connectivity index (χ0v) is 13.8. The minimum atomic E-state index is 0.324. The van der Waals surface area contributed by atoms with Crippen LogP contribution in [0.3, 0.4) is 0 Å². The van der Waals surface area contributed by atoms with Crippen LogP contribution in [0.4, 0.5) is 0 Å². The first-order chi connectivity index (χ1) is 9.13. The van der Waals surface area contributed by atoms with Gasteiger partial charge in [-0.15, -0.1) is 11.8 Å². The minimum Gasteiger partial charge on any atom is -0.310 e. The molecule has 19 heavy (non-hydrogen) atoms. The number of rotatable bonds is 4. The molecule has 5 heteroatoms. The molecule has 3 atom stereocenters. The predicted octanol–water partition coefficient (Wildman–Crippen LogP) is 3.37. The minimum absolute atomic E-state index is 0.324. The second kappa shape index (κ2) is 6.95. The van der Waals surface area contributed by atoms with Crippen LogP contribution < -0.4 is 5.32 Å². The lowest BCUT2D eigenvalue weighted by Gasteiger charge is -2.27. The Morgan fingerprint density at radius 2 is 2.16 bits per heavy atom. The van der Waals surface area contributed by atoms with Gasteiger partial charge in [-0.1, -0.05) is 13.8 Å². The van der Waals surface area contributed by atoms with Crippen molar-refractivity contribution in [2.75, 3.05) is 18.1 Å². The molecule has 1 aromatic rings. The molecule has 1 aromatic heterocycles. The van der Waals surface area contributed by atoms with E-state index in [9.17, 15) is 0 Å². The molecule has 2 rings (SSSR count). The van der Waals surface area contributed by atoms with E-state index in [-0.39, 0.29) is 0 Å². The van der Waals surface area contributed by atoms with Crippen LogP contribution in [-0.4, -0.2) is 33.3 Å². The monoisotopic (exact) mass is 297 g/mol. The predicted molar refractivity (Wildman–Crippen MR) is 86.0 cm³/mol. The third-order valence-corrected chi connectivity index (χ3v) is 6.54. The number of aryl methyl sites for hydroxylation is 1. The van der Waals surface area contributed by atoms with E-state index in [1.54, 1.807) is 0 Å². The highest BCUT2D eigenvalue weighted by Crippen LogP contribution is 2.41. The van der Waals surface area contributed by atoms with Crippen molar-refractivity contribution in [3.05, 3.63) is 23.3 Å². The molecule has 0 spiro atoms. The van der Waals surface area contributed by atoms with Gasteiger partial charge in [0.25, 0.3) is 0 Å². The van der Waals surface area contributed by atoms with Crippen molar-refractivity contribution in [3.8, 4) is 0 Å². The van der Waals surface area contributed by atoms with Crippen LogP contribution >= 0.6 is 23.5 Å². The van der Waals surface area contributed by atoms with E-state index in [4.69, 9.17) is 4.98 Å². The molecule has 0 aromatic carbocycles. The zero-order valence-electron chi connectivity index (χ0n) is 12.1. The normalized spacial score (nSPS) is 25.3. The molecule has 2 heterocycles. The highest BCUT2D eigenvalue weighted by Gasteiger charge is 2.27. The Hall–Kier alpha value is -0.260. The number of aromatic nitrogens is 2. The molecule has 1 fully saturated rings. The lowest BCUT2D eigenvalue weighted by molar-refractivity contribution is 0.587. The Morgan fingerprint density at radius 1 is 1.42 bits per heavy atom. The quantitative estimate of drug-likeness (QED) is 0.922. The van der Waals surface area contributed by atoms with E-state index >= 15 is 0 Å². The Bertz CT molecular complexity index is 425. The van der Waals surface area contributed by atoms with Gasteiger partial charge in [0.15, 0.2) is 0 Å². The number of hydrogen-bond donors (Lipinski definition) is 1. The summed E-state index contributed by atoms with van der Waals surface area (Å²) in [5.41, 5.74) is 2.33. The van der Waals surface area contributed by atoms with Gasteiger partial charge in [-0.3, -0.25) is 0 Å². The highest BCUT2D eigenvalue weighted by atomic mass is 32.2. The molecule has 1 aliphatic rings. The van der Waals surface area contributed by atoms with Gasteiger partial charge in [-0.2, -0.15) is 11.8 Å². The van der Waals surface area contributed by atoms with Crippen molar-refractivity contribution in [1.29, 1.82) is 0 Å². The van der Waals surface area contributed by atoms with Crippen LogP contribution in [0.2, 0.25) is 0 Å². The van der Waals surface area contributed by atoms with Crippen LogP contribution in [0, 0.1) is 6.92 Å². The molecule has 3 unspecified atom stereocenters. The van der Waals surface area contributed by atoms with Crippen molar-refractivity contribution in [1.82, 2.24) is 15.3 Å². The second-order valence-corrected chi connectivity index (χ2v) is 7.65. The first-order valence-electron chi connectivity index (χ1n) is 6.93. The largest absolute Gasteiger partial charge is 0.310 e. The summed E-state index contributed by atoms with van der Waals surface area (Å²) in [5, 5.41) is 4.47. The van der Waals surface area contributed by atoms with Crippen LogP contribution in [-0.2, 0) is 0 Å². The Kier molecular flexibility index (Phi) is 5.54. The summed E-state index contributed by atoms with van der Waals surface area (Å²) >= 11 is 4.03. The maximum Gasteiger partial charge on any atom is 0.142 e. The van der Waals surface area contributed by atoms with Gasteiger partial charge in [-0.05, 0) is 20.4 Å². The van der Waals surface area contributed by atoms with Gasteiger partial charge in [0.2, 0.25) is 0 Å². The molecular formula is C14H23N3S2. The van der Waals surface area contributed by atoms with Crippen LogP contribution in [0.15, 0.2) is 6.20 Å². The fourth-order valence-electron chi connectivity index (χ4n) is 2.39. The van der Waals surface area contributed by atoms with Crippen molar-refractivity contribution in [2.45, 2.75) is 44.2 Å². The van der Waals surface area contributed by atoms with E-state index in [2.05, 4.69) is 38.0 Å². The van der Waals surface area contributed by atoms with Gasteiger partial charge < -0.3 is 5.32 Å². The molecule has 3 nitrogen and oxygen atoms in total. The third-order valence-electron chi connectivity index (χ3n) is 3.46. The van der Waals surface area contributed by atoms with E-state index in [1.165, 1.54) is 17.1 Å². The summed E-state index contributed by atoms with van der Waals surface area (Å²) in [4.78, 5) is 9.40. The van der Waals surface area contributed by atoms with Crippen molar-refractivity contribution in [3.63, 3.8) is 0 Å².